The van der Waals surface area contributed by atoms with Crippen molar-refractivity contribution in [3.63, 3.8) is 0 Å². The molecule has 0 spiro atoms. The van der Waals surface area contributed by atoms with E-state index < -0.39 is 5.97 Å². The monoisotopic (exact) mass is 277 g/mol. The third-order valence-electron chi connectivity index (χ3n) is 2.93. The topological polar surface area (TPSA) is 66.2 Å². The number of nitrogens with zero attached hydrogens (tertiary/aromatic N) is 3. The minimum Gasteiger partial charge on any atom is -0.492 e. The number of carbonyl (C=O) groups excluding carboxylic acids is 1. The van der Waals surface area contributed by atoms with Gasteiger partial charge in [-0.15, -0.1) is 0 Å². The highest BCUT2D eigenvalue weighted by Crippen LogP contribution is 2.31. The number of hydrogen-bond acceptors (Lipinski definition) is 5. The Morgan fingerprint density at radius 2 is 2.15 bits per heavy atom. The molecule has 0 aliphatic rings. The molecule has 0 amide bonds. The van der Waals surface area contributed by atoms with Crippen LogP contribution in [-0.2, 0) is 11.8 Å². The summed E-state index contributed by atoms with van der Waals surface area (Å²) in [6.45, 7) is 6.50. The summed E-state index contributed by atoms with van der Waals surface area (Å²) in [7, 11) is 1.82. The van der Waals surface area contributed by atoms with E-state index in [1.165, 1.54) is 6.20 Å². The Bertz CT molecular complexity index is 634. The van der Waals surface area contributed by atoms with Crippen molar-refractivity contribution >= 4 is 17.0 Å². The van der Waals surface area contributed by atoms with Gasteiger partial charge in [0.05, 0.1) is 24.3 Å². The zero-order valence-electron chi connectivity index (χ0n) is 12.3. The first kappa shape index (κ1) is 14.3. The molecule has 6 nitrogen and oxygen atoms in total. The summed E-state index contributed by atoms with van der Waals surface area (Å²) >= 11 is 0. The summed E-state index contributed by atoms with van der Waals surface area (Å²) in [6.07, 6.45) is 2.35. The zero-order valence-corrected chi connectivity index (χ0v) is 12.3. The lowest BCUT2D eigenvalue weighted by molar-refractivity contribution is 0.0521. The van der Waals surface area contributed by atoms with Gasteiger partial charge in [0.2, 0.25) is 0 Å². The number of aromatic nitrogens is 3. The van der Waals surface area contributed by atoms with Crippen LogP contribution in [0, 0.1) is 6.92 Å². The first-order valence-corrected chi connectivity index (χ1v) is 6.72. The van der Waals surface area contributed by atoms with Crippen LogP contribution in [0.4, 0.5) is 0 Å². The maximum Gasteiger partial charge on any atom is 0.343 e. The van der Waals surface area contributed by atoms with Gasteiger partial charge in [0.1, 0.15) is 11.3 Å². The van der Waals surface area contributed by atoms with Crippen LogP contribution in [0.5, 0.6) is 5.75 Å². The molecule has 0 aliphatic heterocycles. The predicted octanol–water partition coefficient (Wildman–Crippen LogP) is 2.24. The van der Waals surface area contributed by atoms with Crippen LogP contribution >= 0.6 is 0 Å². The zero-order chi connectivity index (χ0) is 14.7. The van der Waals surface area contributed by atoms with E-state index in [0.29, 0.717) is 30.2 Å². The molecule has 0 saturated heterocycles. The lowest BCUT2D eigenvalue weighted by Gasteiger charge is -2.11. The molecule has 20 heavy (non-hydrogen) atoms. The molecular formula is C14H19N3O3. The van der Waals surface area contributed by atoms with Gasteiger partial charge in [0.15, 0.2) is 5.65 Å². The molecule has 0 N–H and O–H groups in total. The molecule has 0 aliphatic carbocycles. The molecule has 2 heterocycles. The fourth-order valence-electron chi connectivity index (χ4n) is 2.09. The van der Waals surface area contributed by atoms with Gasteiger partial charge in [-0.05, 0) is 20.3 Å². The van der Waals surface area contributed by atoms with Gasteiger partial charge < -0.3 is 9.47 Å². The normalized spacial score (nSPS) is 10.8. The van der Waals surface area contributed by atoms with Crippen molar-refractivity contribution in [2.24, 2.45) is 7.05 Å². The van der Waals surface area contributed by atoms with Crippen LogP contribution in [-0.4, -0.2) is 33.9 Å². The van der Waals surface area contributed by atoms with Crippen LogP contribution in [0.15, 0.2) is 6.20 Å². The number of ether oxygens (including phenoxy) is 2. The van der Waals surface area contributed by atoms with Crippen molar-refractivity contribution in [3.8, 4) is 5.75 Å². The summed E-state index contributed by atoms with van der Waals surface area (Å²) in [6, 6.07) is 0. The molecule has 0 saturated carbocycles. The number of esters is 1. The molecule has 0 bridgehead atoms. The van der Waals surface area contributed by atoms with Gasteiger partial charge >= 0.3 is 5.97 Å². The highest BCUT2D eigenvalue weighted by Gasteiger charge is 2.21. The first-order chi connectivity index (χ1) is 9.60. The van der Waals surface area contributed by atoms with E-state index in [4.69, 9.17) is 9.47 Å². The SMILES string of the molecule is CCCOc1c(C(=O)OCC)cnc2c1c(C)nn2C. The van der Waals surface area contributed by atoms with E-state index >= 15 is 0 Å². The molecule has 0 unspecified atom stereocenters. The molecule has 2 rings (SSSR count). The van der Waals surface area contributed by atoms with Crippen molar-refractivity contribution in [2.75, 3.05) is 13.2 Å². The van der Waals surface area contributed by atoms with E-state index in [2.05, 4.69) is 10.1 Å². The summed E-state index contributed by atoms with van der Waals surface area (Å²) in [5.74, 6) is 0.0946. The second kappa shape index (κ2) is 5.90. The van der Waals surface area contributed by atoms with Crippen LogP contribution in [0.25, 0.3) is 11.0 Å². The molecule has 6 heteroatoms. The lowest BCUT2D eigenvalue weighted by atomic mass is 10.1. The summed E-state index contributed by atoms with van der Waals surface area (Å²) in [5, 5.41) is 5.10. The minimum absolute atomic E-state index is 0.316. The van der Waals surface area contributed by atoms with Gasteiger partial charge in [0, 0.05) is 13.2 Å². The van der Waals surface area contributed by atoms with Crippen LogP contribution in [0.2, 0.25) is 0 Å². The highest BCUT2D eigenvalue weighted by molar-refractivity contribution is 5.99. The van der Waals surface area contributed by atoms with Crippen molar-refractivity contribution < 1.29 is 14.3 Å². The highest BCUT2D eigenvalue weighted by atomic mass is 16.5. The molecular weight excluding hydrogens is 258 g/mol. The summed E-state index contributed by atoms with van der Waals surface area (Å²) < 4.78 is 12.5. The van der Waals surface area contributed by atoms with Crippen molar-refractivity contribution in [1.82, 2.24) is 14.8 Å². The average Bonchev–Trinajstić information content (AvgIpc) is 2.72. The van der Waals surface area contributed by atoms with Gasteiger partial charge in [-0.25, -0.2) is 9.78 Å². The van der Waals surface area contributed by atoms with Crippen molar-refractivity contribution in [3.05, 3.63) is 17.5 Å². The number of carbonyl (C=O) groups is 1. The third kappa shape index (κ3) is 2.45. The minimum atomic E-state index is -0.420. The number of pyridine rings is 1. The molecule has 0 aromatic carbocycles. The number of hydrogen-bond donors (Lipinski definition) is 0. The Hall–Kier alpha value is -2.11. The summed E-state index contributed by atoms with van der Waals surface area (Å²) in [5.41, 5.74) is 1.83. The smallest absolute Gasteiger partial charge is 0.343 e. The fraction of sp³-hybridized carbons (Fsp3) is 0.500. The molecule has 2 aromatic heterocycles. The van der Waals surface area contributed by atoms with Gasteiger partial charge in [-0.2, -0.15) is 5.10 Å². The van der Waals surface area contributed by atoms with E-state index in [1.54, 1.807) is 11.6 Å². The molecule has 0 fully saturated rings. The third-order valence-corrected chi connectivity index (χ3v) is 2.93. The standard InChI is InChI=1S/C14H19N3O3/c1-5-7-20-12-10(14(18)19-6-2)8-15-13-11(12)9(3)16-17(13)4/h8H,5-7H2,1-4H3. The Balaban J connectivity index is 2.62. The van der Waals surface area contributed by atoms with E-state index in [-0.39, 0.29) is 0 Å². The summed E-state index contributed by atoms with van der Waals surface area (Å²) in [4.78, 5) is 16.3. The van der Waals surface area contributed by atoms with Crippen LogP contribution < -0.4 is 4.74 Å². The Labute approximate surface area is 117 Å². The number of rotatable bonds is 5. The predicted molar refractivity (Wildman–Crippen MR) is 75.0 cm³/mol. The number of fused-ring (bicyclic) bond motifs is 1. The van der Waals surface area contributed by atoms with Crippen LogP contribution in [0.3, 0.4) is 0 Å². The average molecular weight is 277 g/mol. The Morgan fingerprint density at radius 3 is 2.80 bits per heavy atom. The van der Waals surface area contributed by atoms with Gasteiger partial charge in [-0.3, -0.25) is 4.68 Å². The van der Waals surface area contributed by atoms with Gasteiger partial charge in [-0.1, -0.05) is 6.92 Å². The fourth-order valence-corrected chi connectivity index (χ4v) is 2.09. The molecule has 0 atom stereocenters. The largest absolute Gasteiger partial charge is 0.492 e. The lowest BCUT2D eigenvalue weighted by Crippen LogP contribution is -2.09. The van der Waals surface area contributed by atoms with E-state index in [0.717, 1.165) is 17.5 Å². The second-order valence-corrected chi connectivity index (χ2v) is 4.48. The van der Waals surface area contributed by atoms with Crippen molar-refractivity contribution in [2.45, 2.75) is 27.2 Å². The van der Waals surface area contributed by atoms with Crippen molar-refractivity contribution in [1.29, 1.82) is 0 Å². The maximum atomic E-state index is 12.0. The Morgan fingerprint density at radius 1 is 1.40 bits per heavy atom. The molecule has 0 radical (unpaired) electrons. The van der Waals surface area contributed by atoms with E-state index in [9.17, 15) is 4.79 Å². The second-order valence-electron chi connectivity index (χ2n) is 4.48. The van der Waals surface area contributed by atoms with Gasteiger partial charge in [0.25, 0.3) is 0 Å². The Kier molecular flexibility index (Phi) is 4.22. The quantitative estimate of drug-likeness (QED) is 0.784. The molecule has 2 aromatic rings. The first-order valence-electron chi connectivity index (χ1n) is 6.72. The van der Waals surface area contributed by atoms with Crippen LogP contribution in [0.1, 0.15) is 36.3 Å². The molecule has 108 valence electrons. The number of aryl methyl sites for hydroxylation is 2. The maximum absolute atomic E-state index is 12.0. The van der Waals surface area contributed by atoms with E-state index in [1.807, 2.05) is 20.9 Å².